The molecule has 0 saturated carbocycles. The fraction of sp³-hybridized carbons (Fsp3) is 0.625. The van der Waals surface area contributed by atoms with Crippen molar-refractivity contribution < 1.29 is 50.6 Å². The summed E-state index contributed by atoms with van der Waals surface area (Å²) in [4.78, 5) is 14.5. The van der Waals surface area contributed by atoms with Gasteiger partial charge in [-0.1, -0.05) is 0 Å². The molecule has 0 unspecified atom stereocenters. The smallest absolute Gasteiger partial charge is 0.385 e. The number of urea groups is 1. The Bertz CT molecular complexity index is 187. The van der Waals surface area contributed by atoms with Crippen LogP contribution in [0.1, 0.15) is 6.42 Å². The molecule has 0 aromatic rings. The zero-order valence-electron chi connectivity index (χ0n) is 9.90. The molecule has 3 nitrogen and oxygen atoms in total. The molecule has 18 heavy (non-hydrogen) atoms. The Hall–Kier alpha value is -0.527. The molecule has 0 aromatic carbocycles. The van der Waals surface area contributed by atoms with E-state index < -0.39 is 13.4 Å². The molecule has 2 amide bonds. The second-order valence-electron chi connectivity index (χ2n) is 2.91. The molecule has 1 aliphatic heterocycles. The molecule has 0 aromatic heterocycles. The minimum absolute atomic E-state index is 0. The van der Waals surface area contributed by atoms with Gasteiger partial charge in [-0.25, -0.2) is 4.79 Å². The molecule has 0 spiro atoms. The fourth-order valence-corrected chi connectivity index (χ4v) is 1.03. The molecule has 1 saturated heterocycles. The quantitative estimate of drug-likeness (QED) is 0.380. The maximum absolute atomic E-state index is 11.0. The first kappa shape index (κ1) is 22.6. The van der Waals surface area contributed by atoms with Crippen molar-refractivity contribution in [3.8, 4) is 0 Å². The second kappa shape index (κ2) is 12.9. The van der Waals surface area contributed by atoms with E-state index >= 15 is 0 Å². The van der Waals surface area contributed by atoms with Crippen LogP contribution in [0, 0.1) is 13.4 Å². The summed E-state index contributed by atoms with van der Waals surface area (Å²) in [6, 6.07) is 0.140. The molecule has 0 N–H and O–H groups in total. The molecule has 10 heteroatoms. The van der Waals surface area contributed by atoms with Crippen LogP contribution in [-0.2, 0) is 19.5 Å². The Morgan fingerprint density at radius 2 is 1.11 bits per heavy atom. The predicted octanol–water partition coefficient (Wildman–Crippen LogP) is 3.05. The van der Waals surface area contributed by atoms with Gasteiger partial charge in [0.2, 0.25) is 0 Å². The number of hydrogen-bond acceptors (Lipinski definition) is 1. The average Bonchev–Trinajstić information content (AvgIpc) is 2.12. The van der Waals surface area contributed by atoms with E-state index in [-0.39, 0.29) is 25.5 Å². The SMILES string of the molecule is CN1CCCN(C)C1=O.F[C-](F)F.F[C-](F)F.[Zn+2]. The third-order valence-corrected chi connectivity index (χ3v) is 1.64. The number of hydrogen-bond donors (Lipinski definition) is 0. The molecular formula is C8H12F6N2OZn. The number of amides is 2. The van der Waals surface area contributed by atoms with E-state index in [1.165, 1.54) is 0 Å². The van der Waals surface area contributed by atoms with Gasteiger partial charge in [-0.05, 0) is 6.42 Å². The van der Waals surface area contributed by atoms with Crippen molar-refractivity contribution in [1.82, 2.24) is 9.80 Å². The van der Waals surface area contributed by atoms with Gasteiger partial charge in [-0.15, -0.1) is 0 Å². The van der Waals surface area contributed by atoms with Gasteiger partial charge < -0.3 is 36.1 Å². The van der Waals surface area contributed by atoms with Gasteiger partial charge in [-0.2, -0.15) is 0 Å². The van der Waals surface area contributed by atoms with E-state index in [2.05, 4.69) is 0 Å². The van der Waals surface area contributed by atoms with Gasteiger partial charge in [0.1, 0.15) is 0 Å². The van der Waals surface area contributed by atoms with E-state index in [9.17, 15) is 31.1 Å². The molecule has 104 valence electrons. The van der Waals surface area contributed by atoms with Crippen molar-refractivity contribution in [3.05, 3.63) is 13.4 Å². The summed E-state index contributed by atoms with van der Waals surface area (Å²) >= 11 is 0. The molecule has 1 heterocycles. The van der Waals surface area contributed by atoms with E-state index in [1.807, 2.05) is 14.1 Å². The Kier molecular flexibility index (Phi) is 16.2. The molecule has 0 bridgehead atoms. The molecular weight excluding hydrogens is 319 g/mol. The number of rotatable bonds is 0. The zero-order chi connectivity index (χ0) is 14.0. The van der Waals surface area contributed by atoms with E-state index in [1.54, 1.807) is 9.80 Å². The third-order valence-electron chi connectivity index (χ3n) is 1.64. The zero-order valence-corrected chi connectivity index (χ0v) is 12.9. The summed E-state index contributed by atoms with van der Waals surface area (Å²) in [5, 5.41) is 0. The van der Waals surface area contributed by atoms with Crippen molar-refractivity contribution in [2.75, 3.05) is 27.2 Å². The Balaban J connectivity index is -0.000000214. The summed E-state index contributed by atoms with van der Waals surface area (Å²) in [7, 11) is 3.66. The van der Waals surface area contributed by atoms with Gasteiger partial charge in [0.05, 0.1) is 0 Å². The molecule has 1 fully saturated rings. The van der Waals surface area contributed by atoms with Gasteiger partial charge in [-0.3, -0.25) is 0 Å². The van der Waals surface area contributed by atoms with E-state index in [0.29, 0.717) is 0 Å². The maximum Gasteiger partial charge on any atom is 2.00 e. The van der Waals surface area contributed by atoms with E-state index in [0.717, 1.165) is 19.5 Å². The topological polar surface area (TPSA) is 23.6 Å². The van der Waals surface area contributed by atoms with Crippen molar-refractivity contribution in [3.63, 3.8) is 0 Å². The van der Waals surface area contributed by atoms with Crippen LogP contribution in [0.15, 0.2) is 0 Å². The minimum atomic E-state index is -3.08. The van der Waals surface area contributed by atoms with Crippen LogP contribution in [0.4, 0.5) is 31.1 Å². The Labute approximate surface area is 114 Å². The van der Waals surface area contributed by atoms with Crippen LogP contribution < -0.4 is 0 Å². The average molecular weight is 332 g/mol. The minimum Gasteiger partial charge on any atom is -0.385 e. The van der Waals surface area contributed by atoms with Crippen LogP contribution in [0.2, 0.25) is 0 Å². The van der Waals surface area contributed by atoms with Gasteiger partial charge in [0, 0.05) is 27.2 Å². The Morgan fingerprint density at radius 3 is 1.28 bits per heavy atom. The molecule has 0 radical (unpaired) electrons. The van der Waals surface area contributed by atoms with Crippen LogP contribution in [0.5, 0.6) is 0 Å². The molecule has 0 aliphatic carbocycles. The number of nitrogens with zero attached hydrogens (tertiary/aromatic N) is 2. The molecule has 0 atom stereocenters. The van der Waals surface area contributed by atoms with Crippen LogP contribution in [0.25, 0.3) is 0 Å². The van der Waals surface area contributed by atoms with Gasteiger partial charge in [0.25, 0.3) is 0 Å². The second-order valence-corrected chi connectivity index (χ2v) is 2.91. The third kappa shape index (κ3) is 17.9. The fourth-order valence-electron chi connectivity index (χ4n) is 1.03. The molecule has 1 rings (SSSR count). The van der Waals surface area contributed by atoms with Gasteiger partial charge >= 0.3 is 25.5 Å². The Morgan fingerprint density at radius 1 is 0.889 bits per heavy atom. The normalized spacial score (nSPS) is 14.4. The first-order chi connectivity index (χ1) is 7.68. The maximum atomic E-state index is 11.0. The van der Waals surface area contributed by atoms with E-state index in [4.69, 9.17) is 0 Å². The summed E-state index contributed by atoms with van der Waals surface area (Å²) in [6.07, 6.45) is 1.10. The van der Waals surface area contributed by atoms with Crippen molar-refractivity contribution >= 4 is 6.03 Å². The summed E-state index contributed by atoms with van der Waals surface area (Å²) in [5.41, 5.74) is 0. The number of carbonyl (C=O) groups excluding carboxylic acids is 1. The van der Waals surface area contributed by atoms with Crippen LogP contribution in [-0.4, -0.2) is 43.0 Å². The van der Waals surface area contributed by atoms with Gasteiger partial charge in [0.15, 0.2) is 13.4 Å². The largest absolute Gasteiger partial charge is 2.00 e. The summed E-state index contributed by atoms with van der Waals surface area (Å²) in [6.45, 7) is -4.35. The van der Waals surface area contributed by atoms with Crippen molar-refractivity contribution in [2.24, 2.45) is 0 Å². The number of halogens is 6. The first-order valence-electron chi connectivity index (χ1n) is 4.31. The monoisotopic (exact) mass is 330 g/mol. The summed E-state index contributed by atoms with van der Waals surface area (Å²) in [5.74, 6) is 0. The molecule has 1 aliphatic rings. The van der Waals surface area contributed by atoms with Crippen LogP contribution >= 0.6 is 0 Å². The predicted molar refractivity (Wildman–Crippen MR) is 48.4 cm³/mol. The first-order valence-corrected chi connectivity index (χ1v) is 4.31. The van der Waals surface area contributed by atoms with Crippen LogP contribution in [0.3, 0.4) is 0 Å². The summed E-state index contributed by atoms with van der Waals surface area (Å²) < 4.78 is 57.5. The van der Waals surface area contributed by atoms with Crippen molar-refractivity contribution in [2.45, 2.75) is 6.42 Å². The van der Waals surface area contributed by atoms with Crippen molar-refractivity contribution in [1.29, 1.82) is 0 Å². The standard InChI is InChI=1S/C6H12N2O.2CF3.Zn/c1-7-4-3-5-8(2)6(7)9;2*2-1(3)4;/h3-5H2,1-2H3;;;/q;2*-1;+2. The number of carbonyl (C=O) groups is 1.